The molecule has 90 valence electrons. The van der Waals surface area contributed by atoms with Crippen LogP contribution < -0.4 is 15.4 Å². The Morgan fingerprint density at radius 3 is 3.12 bits per heavy atom. The van der Waals surface area contributed by atoms with E-state index in [-0.39, 0.29) is 6.03 Å². The van der Waals surface area contributed by atoms with Gasteiger partial charge in [-0.15, -0.1) is 11.3 Å². The van der Waals surface area contributed by atoms with Crippen LogP contribution in [-0.4, -0.2) is 36.9 Å². The molecule has 0 unspecified atom stereocenters. The zero-order valence-corrected chi connectivity index (χ0v) is 10.8. The molecule has 0 atom stereocenters. The summed E-state index contributed by atoms with van der Waals surface area (Å²) in [6.07, 6.45) is 0.955. The fraction of sp³-hybridized carbons (Fsp3) is 0.556. The molecule has 0 aliphatic carbocycles. The Labute approximate surface area is 104 Å². The molecule has 1 aromatic rings. The molecule has 0 radical (unpaired) electrons. The standard InChI is InChI=1S/C9H16N4OS2/c1-10-9(14)13-16-5-4-11-3-2-8-6-15-7-12-8/h6-7,11H,2-5H2,1H3,(H2,10,13,14). The van der Waals surface area contributed by atoms with Crippen LogP contribution >= 0.6 is 23.3 Å². The highest BCUT2D eigenvalue weighted by molar-refractivity contribution is 7.97. The number of carbonyl (C=O) groups is 1. The van der Waals surface area contributed by atoms with E-state index in [0.29, 0.717) is 0 Å². The number of aromatic nitrogens is 1. The van der Waals surface area contributed by atoms with Crippen LogP contribution in [0.5, 0.6) is 0 Å². The highest BCUT2D eigenvalue weighted by Gasteiger charge is 1.96. The lowest BCUT2D eigenvalue weighted by Crippen LogP contribution is -2.29. The summed E-state index contributed by atoms with van der Waals surface area (Å²) in [5, 5.41) is 7.83. The number of hydrogen-bond acceptors (Lipinski definition) is 5. The number of carbonyl (C=O) groups excluding carboxylic acids is 1. The molecule has 0 aromatic carbocycles. The van der Waals surface area contributed by atoms with Crippen molar-refractivity contribution in [3.63, 3.8) is 0 Å². The number of rotatable bonds is 7. The topological polar surface area (TPSA) is 66.1 Å². The second kappa shape index (κ2) is 8.37. The molecule has 0 bridgehead atoms. The fourth-order valence-corrected chi connectivity index (χ4v) is 2.17. The van der Waals surface area contributed by atoms with Crippen LogP contribution in [0.4, 0.5) is 4.79 Å². The molecule has 1 aromatic heterocycles. The van der Waals surface area contributed by atoms with Gasteiger partial charge >= 0.3 is 6.03 Å². The molecule has 0 saturated heterocycles. The summed E-state index contributed by atoms with van der Waals surface area (Å²) in [7, 11) is 1.60. The third kappa shape index (κ3) is 5.94. The van der Waals surface area contributed by atoms with Crippen molar-refractivity contribution < 1.29 is 4.79 Å². The Bertz CT molecular complexity index is 292. The average Bonchev–Trinajstić information content (AvgIpc) is 2.80. The molecule has 5 nitrogen and oxygen atoms in total. The zero-order valence-electron chi connectivity index (χ0n) is 9.16. The summed E-state index contributed by atoms with van der Waals surface area (Å²) < 4.78 is 2.65. The van der Waals surface area contributed by atoms with E-state index in [9.17, 15) is 4.79 Å². The lowest BCUT2D eigenvalue weighted by atomic mass is 10.3. The van der Waals surface area contributed by atoms with Crippen LogP contribution in [0, 0.1) is 0 Å². The molecule has 3 N–H and O–H groups in total. The van der Waals surface area contributed by atoms with E-state index in [1.54, 1.807) is 18.4 Å². The smallest absolute Gasteiger partial charge is 0.324 e. The molecule has 0 fully saturated rings. The van der Waals surface area contributed by atoms with Gasteiger partial charge in [0, 0.05) is 37.7 Å². The lowest BCUT2D eigenvalue weighted by Gasteiger charge is -2.04. The Kier molecular flexibility index (Phi) is 6.95. The highest BCUT2D eigenvalue weighted by Crippen LogP contribution is 2.00. The van der Waals surface area contributed by atoms with E-state index in [4.69, 9.17) is 0 Å². The Hall–Kier alpha value is -0.790. The molecule has 7 heteroatoms. The van der Waals surface area contributed by atoms with E-state index in [0.717, 1.165) is 31.0 Å². The monoisotopic (exact) mass is 260 g/mol. The van der Waals surface area contributed by atoms with Crippen molar-refractivity contribution in [3.8, 4) is 0 Å². The molecule has 16 heavy (non-hydrogen) atoms. The minimum Gasteiger partial charge on any atom is -0.341 e. The normalized spacial score (nSPS) is 10.1. The van der Waals surface area contributed by atoms with E-state index < -0.39 is 0 Å². The molecule has 1 heterocycles. The van der Waals surface area contributed by atoms with Crippen molar-refractivity contribution in [2.75, 3.05) is 25.9 Å². The van der Waals surface area contributed by atoms with Gasteiger partial charge in [0.15, 0.2) is 0 Å². The van der Waals surface area contributed by atoms with E-state index in [1.807, 2.05) is 5.51 Å². The third-order valence-electron chi connectivity index (χ3n) is 1.81. The Morgan fingerprint density at radius 2 is 2.44 bits per heavy atom. The predicted molar refractivity (Wildman–Crippen MR) is 68.7 cm³/mol. The van der Waals surface area contributed by atoms with E-state index in [2.05, 4.69) is 25.7 Å². The van der Waals surface area contributed by atoms with Crippen molar-refractivity contribution in [2.24, 2.45) is 0 Å². The summed E-state index contributed by atoms with van der Waals surface area (Å²) in [4.78, 5) is 15.0. The number of nitrogens with zero attached hydrogens (tertiary/aromatic N) is 1. The van der Waals surface area contributed by atoms with Gasteiger partial charge in [-0.2, -0.15) is 0 Å². The van der Waals surface area contributed by atoms with Gasteiger partial charge in [0.25, 0.3) is 0 Å². The maximum Gasteiger partial charge on any atom is 0.324 e. The third-order valence-corrected chi connectivity index (χ3v) is 3.19. The number of urea groups is 1. The molecule has 0 aliphatic heterocycles. The van der Waals surface area contributed by atoms with Crippen LogP contribution in [0.25, 0.3) is 0 Å². The fourth-order valence-electron chi connectivity index (χ4n) is 0.993. The van der Waals surface area contributed by atoms with Gasteiger partial charge in [-0.25, -0.2) is 9.78 Å². The van der Waals surface area contributed by atoms with E-state index in [1.165, 1.54) is 11.9 Å². The zero-order chi connectivity index (χ0) is 11.6. The second-order valence-electron chi connectivity index (χ2n) is 3.01. The molecule has 2 amide bonds. The van der Waals surface area contributed by atoms with Crippen LogP contribution in [0.1, 0.15) is 5.69 Å². The largest absolute Gasteiger partial charge is 0.341 e. The molecule has 0 spiro atoms. The lowest BCUT2D eigenvalue weighted by molar-refractivity contribution is 0.248. The number of nitrogens with one attached hydrogen (secondary N) is 3. The summed E-state index contributed by atoms with van der Waals surface area (Å²) in [5.41, 5.74) is 2.98. The SMILES string of the molecule is CNC(=O)NSCCNCCc1cscn1. The summed E-state index contributed by atoms with van der Waals surface area (Å²) in [6.45, 7) is 1.79. The minimum absolute atomic E-state index is 0.160. The highest BCUT2D eigenvalue weighted by atomic mass is 32.2. The first-order chi connectivity index (χ1) is 7.83. The first-order valence-corrected chi connectivity index (χ1v) is 6.93. The Balaban J connectivity index is 1.87. The first kappa shape index (κ1) is 13.3. The van der Waals surface area contributed by atoms with E-state index >= 15 is 0 Å². The van der Waals surface area contributed by atoms with Gasteiger partial charge in [0.2, 0.25) is 0 Å². The molecule has 1 rings (SSSR count). The van der Waals surface area contributed by atoms with Crippen LogP contribution in [-0.2, 0) is 6.42 Å². The number of hydrogen-bond donors (Lipinski definition) is 3. The molecular formula is C9H16N4OS2. The van der Waals surface area contributed by atoms with Crippen molar-refractivity contribution in [2.45, 2.75) is 6.42 Å². The molecular weight excluding hydrogens is 244 g/mol. The van der Waals surface area contributed by atoms with Crippen LogP contribution in [0.15, 0.2) is 10.9 Å². The van der Waals surface area contributed by atoms with Crippen molar-refractivity contribution >= 4 is 29.3 Å². The molecule has 0 aliphatic rings. The summed E-state index contributed by atoms with van der Waals surface area (Å²) >= 11 is 3.02. The maximum atomic E-state index is 10.8. The first-order valence-electron chi connectivity index (χ1n) is 5.00. The van der Waals surface area contributed by atoms with Gasteiger partial charge in [-0.3, -0.25) is 4.72 Å². The second-order valence-corrected chi connectivity index (χ2v) is 4.63. The minimum atomic E-state index is -0.160. The predicted octanol–water partition coefficient (Wildman–Crippen LogP) is 0.852. The Morgan fingerprint density at radius 1 is 1.56 bits per heavy atom. The van der Waals surface area contributed by atoms with Gasteiger partial charge in [0.1, 0.15) is 0 Å². The van der Waals surface area contributed by atoms with Gasteiger partial charge in [-0.1, -0.05) is 0 Å². The van der Waals surface area contributed by atoms with Crippen molar-refractivity contribution in [3.05, 3.63) is 16.6 Å². The quantitative estimate of drug-likeness (QED) is 0.502. The average molecular weight is 260 g/mol. The summed E-state index contributed by atoms with van der Waals surface area (Å²) in [6, 6.07) is -0.160. The maximum absolute atomic E-state index is 10.8. The van der Waals surface area contributed by atoms with Crippen LogP contribution in [0.2, 0.25) is 0 Å². The molecule has 0 saturated carbocycles. The van der Waals surface area contributed by atoms with Gasteiger partial charge < -0.3 is 10.6 Å². The van der Waals surface area contributed by atoms with Crippen LogP contribution in [0.3, 0.4) is 0 Å². The summed E-state index contributed by atoms with van der Waals surface area (Å²) in [5.74, 6) is 0.852. The van der Waals surface area contributed by atoms with Crippen molar-refractivity contribution in [1.82, 2.24) is 20.3 Å². The van der Waals surface area contributed by atoms with Gasteiger partial charge in [0.05, 0.1) is 11.2 Å². The number of amides is 2. The van der Waals surface area contributed by atoms with Crippen molar-refractivity contribution in [1.29, 1.82) is 0 Å². The number of thiazole rings is 1. The van der Waals surface area contributed by atoms with Gasteiger partial charge in [-0.05, 0) is 11.9 Å².